The second-order valence-electron chi connectivity index (χ2n) is 7.60. The van der Waals surface area contributed by atoms with Gasteiger partial charge in [-0.1, -0.05) is 0 Å². The molecule has 3 rings (SSSR count). The van der Waals surface area contributed by atoms with Gasteiger partial charge in [-0.05, 0) is 26.0 Å². The van der Waals surface area contributed by atoms with Crippen molar-refractivity contribution in [3.63, 3.8) is 0 Å². The fraction of sp³-hybridized carbons (Fsp3) is 0.261. The zero-order valence-electron chi connectivity index (χ0n) is 21.5. The molecule has 2 aromatic carbocycles. The first-order valence-electron chi connectivity index (χ1n) is 11.5. The average Bonchev–Trinajstić information content (AvgIpc) is 2.92. The van der Waals surface area contributed by atoms with Gasteiger partial charge in [0.1, 0.15) is 17.2 Å². The standard InChI is InChI=1S/C23H20N6O12/c1-4-38-16-6-13(12-24)7-17(11-16)40-21-20(29(35)36)19(22(30)39-5-2)25-23(26(21)37-3)41-18-9-14(27(31)32)8-15(10-18)28(33)34/h6-11,23H,4-5H2,1-3H3. The number of hydrogen-bond acceptors (Lipinski definition) is 15. The van der Waals surface area contributed by atoms with E-state index in [1.54, 1.807) is 6.92 Å². The van der Waals surface area contributed by atoms with E-state index >= 15 is 0 Å². The van der Waals surface area contributed by atoms with Crippen LogP contribution in [0.1, 0.15) is 19.4 Å². The van der Waals surface area contributed by atoms with Crippen LogP contribution in [0.2, 0.25) is 0 Å². The molecule has 1 aliphatic rings. The number of nitrogens with zero attached hydrogens (tertiary/aromatic N) is 6. The number of non-ortho nitro benzene ring substituents is 2. The normalized spacial score (nSPS) is 14.4. The van der Waals surface area contributed by atoms with Crippen molar-refractivity contribution in [3.8, 4) is 23.3 Å². The first kappa shape index (κ1) is 29.7. The molecule has 0 fully saturated rings. The molecule has 1 heterocycles. The Morgan fingerprint density at radius 3 is 2.10 bits per heavy atom. The topological polar surface area (TPSA) is 232 Å². The van der Waals surface area contributed by atoms with E-state index in [1.807, 2.05) is 6.07 Å². The molecule has 0 N–H and O–H groups in total. The quantitative estimate of drug-likeness (QED) is 0.202. The van der Waals surface area contributed by atoms with Crippen LogP contribution in [0.25, 0.3) is 0 Å². The number of aliphatic imine (C=N–C) groups is 1. The second-order valence-corrected chi connectivity index (χ2v) is 7.60. The van der Waals surface area contributed by atoms with Gasteiger partial charge in [0.2, 0.25) is 5.71 Å². The fourth-order valence-electron chi connectivity index (χ4n) is 3.41. The summed E-state index contributed by atoms with van der Waals surface area (Å²) in [4.78, 5) is 53.8. The number of hydroxylamine groups is 2. The predicted octanol–water partition coefficient (Wildman–Crippen LogP) is 2.84. The van der Waals surface area contributed by atoms with Crippen molar-refractivity contribution in [2.45, 2.75) is 20.2 Å². The summed E-state index contributed by atoms with van der Waals surface area (Å²) in [5, 5.41) is 44.8. The van der Waals surface area contributed by atoms with Gasteiger partial charge in [-0.15, -0.1) is 0 Å². The number of benzene rings is 2. The lowest BCUT2D eigenvalue weighted by Crippen LogP contribution is -2.46. The van der Waals surface area contributed by atoms with Crippen LogP contribution in [0.4, 0.5) is 11.4 Å². The predicted molar refractivity (Wildman–Crippen MR) is 134 cm³/mol. The number of esters is 1. The number of carbonyl (C=O) groups is 1. The van der Waals surface area contributed by atoms with Crippen molar-refractivity contribution in [1.82, 2.24) is 5.06 Å². The molecular weight excluding hydrogens is 552 g/mol. The zero-order chi connectivity index (χ0) is 30.3. The molecule has 0 amide bonds. The third-order valence-corrected chi connectivity index (χ3v) is 4.99. The van der Waals surface area contributed by atoms with Crippen molar-refractivity contribution in [3.05, 3.63) is 83.9 Å². The first-order chi connectivity index (χ1) is 19.5. The van der Waals surface area contributed by atoms with Crippen molar-refractivity contribution in [1.29, 1.82) is 5.26 Å². The number of rotatable bonds is 12. The minimum Gasteiger partial charge on any atom is -0.494 e. The number of hydrogen-bond donors (Lipinski definition) is 0. The molecule has 41 heavy (non-hydrogen) atoms. The lowest BCUT2D eigenvalue weighted by molar-refractivity contribution is -0.422. The van der Waals surface area contributed by atoms with Crippen LogP contribution in [0, 0.1) is 41.7 Å². The summed E-state index contributed by atoms with van der Waals surface area (Å²) in [6.07, 6.45) is -1.86. The maximum Gasteiger partial charge on any atom is 0.364 e. The zero-order valence-corrected chi connectivity index (χ0v) is 21.5. The largest absolute Gasteiger partial charge is 0.494 e. The van der Waals surface area contributed by atoms with Gasteiger partial charge in [0.05, 0.1) is 64.9 Å². The summed E-state index contributed by atoms with van der Waals surface area (Å²) in [7, 11) is 1.04. The number of ether oxygens (including phenoxy) is 4. The van der Waals surface area contributed by atoms with Gasteiger partial charge in [-0.3, -0.25) is 35.2 Å². The smallest absolute Gasteiger partial charge is 0.364 e. The van der Waals surface area contributed by atoms with E-state index in [-0.39, 0.29) is 30.3 Å². The van der Waals surface area contributed by atoms with Gasteiger partial charge in [-0.2, -0.15) is 10.3 Å². The first-order valence-corrected chi connectivity index (χ1v) is 11.5. The molecule has 0 aliphatic carbocycles. The van der Waals surface area contributed by atoms with Crippen LogP contribution in [-0.2, 0) is 14.4 Å². The van der Waals surface area contributed by atoms with Gasteiger partial charge in [0, 0.05) is 6.07 Å². The van der Waals surface area contributed by atoms with Crippen LogP contribution in [-0.4, -0.2) is 58.2 Å². The Balaban J connectivity index is 2.20. The van der Waals surface area contributed by atoms with Crippen LogP contribution < -0.4 is 14.2 Å². The van der Waals surface area contributed by atoms with E-state index in [2.05, 4.69) is 4.99 Å². The Morgan fingerprint density at radius 1 is 0.951 bits per heavy atom. The maximum atomic E-state index is 12.7. The van der Waals surface area contributed by atoms with E-state index in [0.717, 1.165) is 19.2 Å². The molecule has 1 atom stereocenters. The van der Waals surface area contributed by atoms with E-state index in [9.17, 15) is 40.4 Å². The van der Waals surface area contributed by atoms with Crippen molar-refractivity contribution in [2.75, 3.05) is 20.3 Å². The molecule has 0 aromatic heterocycles. The van der Waals surface area contributed by atoms with E-state index in [1.165, 1.54) is 25.1 Å². The third kappa shape index (κ3) is 6.79. The Morgan fingerprint density at radius 2 is 1.59 bits per heavy atom. The van der Waals surface area contributed by atoms with E-state index in [0.29, 0.717) is 11.1 Å². The van der Waals surface area contributed by atoms with Crippen molar-refractivity contribution in [2.24, 2.45) is 4.99 Å². The van der Waals surface area contributed by atoms with Gasteiger partial charge in [0.25, 0.3) is 17.7 Å². The summed E-state index contributed by atoms with van der Waals surface area (Å²) < 4.78 is 21.6. The summed E-state index contributed by atoms with van der Waals surface area (Å²) in [6, 6.07) is 8.15. The molecular formula is C23H20N6O12. The molecule has 0 saturated heterocycles. The number of nitriles is 1. The summed E-state index contributed by atoms with van der Waals surface area (Å²) in [6.45, 7) is 3.14. The minimum absolute atomic E-state index is 0.0602. The molecule has 0 bridgehead atoms. The van der Waals surface area contributed by atoms with Crippen LogP contribution in [0.3, 0.4) is 0 Å². The lowest BCUT2D eigenvalue weighted by Gasteiger charge is -2.31. The molecule has 1 unspecified atom stereocenters. The van der Waals surface area contributed by atoms with Gasteiger partial charge < -0.3 is 18.9 Å². The van der Waals surface area contributed by atoms with Gasteiger partial charge in [-0.25, -0.2) is 9.79 Å². The molecule has 0 saturated carbocycles. The van der Waals surface area contributed by atoms with Crippen LogP contribution in [0.15, 0.2) is 53.0 Å². The molecule has 18 heteroatoms. The minimum atomic E-state index is -1.86. The highest BCUT2D eigenvalue weighted by Crippen LogP contribution is 2.33. The highest BCUT2D eigenvalue weighted by Gasteiger charge is 2.45. The molecule has 2 aromatic rings. The van der Waals surface area contributed by atoms with E-state index in [4.69, 9.17) is 23.8 Å². The summed E-state index contributed by atoms with van der Waals surface area (Å²) >= 11 is 0. The number of nitro benzene ring substituents is 2. The van der Waals surface area contributed by atoms with Crippen molar-refractivity contribution >= 4 is 23.1 Å². The van der Waals surface area contributed by atoms with Gasteiger partial charge in [0.15, 0.2) is 0 Å². The number of nitro groups is 3. The highest BCUT2D eigenvalue weighted by atomic mass is 16.7. The Bertz CT molecular complexity index is 1470. The lowest BCUT2D eigenvalue weighted by atomic mass is 10.2. The van der Waals surface area contributed by atoms with Gasteiger partial charge >= 0.3 is 17.5 Å². The third-order valence-electron chi connectivity index (χ3n) is 4.99. The van der Waals surface area contributed by atoms with Crippen LogP contribution >= 0.6 is 0 Å². The monoisotopic (exact) mass is 572 g/mol. The van der Waals surface area contributed by atoms with Crippen molar-refractivity contribution < 1.29 is 43.3 Å². The average molecular weight is 572 g/mol. The molecule has 0 spiro atoms. The Hall–Kier alpha value is -5.83. The maximum absolute atomic E-state index is 12.7. The Labute approximate surface area is 229 Å². The SMILES string of the molecule is CCOC(=O)C1=NC(Oc2cc([N+](=O)[O-])cc([N+](=O)[O-])c2)N(OC)C(Oc2cc(C#N)cc(OCC)c2)=C1[N+](=O)[O-]. The molecule has 1 aliphatic heterocycles. The summed E-state index contributed by atoms with van der Waals surface area (Å²) in [5.74, 6) is -2.47. The molecule has 0 radical (unpaired) electrons. The summed E-state index contributed by atoms with van der Waals surface area (Å²) in [5.41, 5.74) is -3.26. The van der Waals surface area contributed by atoms with E-state index < -0.39 is 61.5 Å². The Kier molecular flexibility index (Phi) is 9.29. The highest BCUT2D eigenvalue weighted by molar-refractivity contribution is 6.42. The second kappa shape index (κ2) is 12.8. The van der Waals surface area contributed by atoms with Crippen LogP contribution in [0.5, 0.6) is 17.2 Å². The molecule has 214 valence electrons. The molecule has 18 nitrogen and oxygen atoms in total. The fourth-order valence-corrected chi connectivity index (χ4v) is 3.41. The number of carbonyl (C=O) groups excluding carboxylic acids is 1.